The summed E-state index contributed by atoms with van der Waals surface area (Å²) in [5.41, 5.74) is 0.583. The van der Waals surface area contributed by atoms with Crippen LogP contribution in [0, 0.1) is 5.82 Å². The lowest BCUT2D eigenvalue weighted by Gasteiger charge is -2.10. The van der Waals surface area contributed by atoms with E-state index in [2.05, 4.69) is 25.4 Å². The summed E-state index contributed by atoms with van der Waals surface area (Å²) in [6.45, 7) is -0.214. The van der Waals surface area contributed by atoms with E-state index < -0.39 is 27.2 Å². The first-order chi connectivity index (χ1) is 12.2. The number of halogens is 1. The minimum absolute atomic E-state index is 0.150. The molecule has 15 heteroatoms. The van der Waals surface area contributed by atoms with E-state index in [0.717, 1.165) is 0 Å². The predicted octanol–water partition coefficient (Wildman–Crippen LogP) is -2.38. The maximum absolute atomic E-state index is 13.3. The van der Waals surface area contributed by atoms with Crippen LogP contribution < -0.4 is 20.6 Å². The first-order valence-electron chi connectivity index (χ1n) is 6.95. The van der Waals surface area contributed by atoms with Crippen LogP contribution in [0.15, 0.2) is 33.0 Å². The summed E-state index contributed by atoms with van der Waals surface area (Å²) in [6, 6.07) is 4.07. The van der Waals surface area contributed by atoms with E-state index in [4.69, 9.17) is 5.14 Å². The second-order valence-corrected chi connectivity index (χ2v) is 7.81. The highest BCUT2D eigenvalue weighted by atomic mass is 32.2. The third-order valence-corrected chi connectivity index (χ3v) is 4.89. The van der Waals surface area contributed by atoms with Crippen LogP contribution in [0.2, 0.25) is 0 Å². The van der Waals surface area contributed by atoms with Crippen molar-refractivity contribution in [3.63, 3.8) is 0 Å². The molecule has 0 bridgehead atoms. The quantitative estimate of drug-likeness (QED) is 0.0986. The van der Waals surface area contributed by atoms with Crippen molar-refractivity contribution in [2.24, 2.45) is 10.3 Å². The average molecular weight is 404 g/mol. The van der Waals surface area contributed by atoms with Gasteiger partial charge in [0.2, 0.25) is 11.5 Å². The molecule has 140 valence electrons. The van der Waals surface area contributed by atoms with Crippen LogP contribution in [-0.4, -0.2) is 54.5 Å². The monoisotopic (exact) mass is 404 g/mol. The Morgan fingerprint density at radius 1 is 1.50 bits per heavy atom. The van der Waals surface area contributed by atoms with E-state index in [-0.39, 0.29) is 28.9 Å². The summed E-state index contributed by atoms with van der Waals surface area (Å²) in [5.74, 6) is -0.822. The number of benzene rings is 1. The third kappa shape index (κ3) is 5.40. The average Bonchev–Trinajstić information content (AvgIpc) is 3.04. The highest BCUT2D eigenvalue weighted by molar-refractivity contribution is 7.91. The molecule has 2 rings (SSSR count). The van der Waals surface area contributed by atoms with E-state index in [1.165, 1.54) is 18.2 Å². The SMILES string of the molecule is Bc1cc(N/C(=N\O)c2nonc2[S+]([O-])CCNS(N)(=O)=O)ccc1F. The van der Waals surface area contributed by atoms with Crippen molar-refractivity contribution in [2.75, 3.05) is 17.6 Å². The minimum Gasteiger partial charge on any atom is -0.610 e. The summed E-state index contributed by atoms with van der Waals surface area (Å²) in [7, 11) is -2.37. The zero-order chi connectivity index (χ0) is 19.3. The number of nitrogens with one attached hydrogen (secondary N) is 2. The van der Waals surface area contributed by atoms with Crippen LogP contribution in [0.5, 0.6) is 0 Å². The molecule has 0 aliphatic carbocycles. The molecule has 1 aromatic carbocycles. The van der Waals surface area contributed by atoms with Gasteiger partial charge in [0.05, 0.1) is 6.54 Å². The smallest absolute Gasteiger partial charge is 0.314 e. The van der Waals surface area contributed by atoms with Gasteiger partial charge in [-0.15, -0.1) is 0 Å². The van der Waals surface area contributed by atoms with E-state index in [1.54, 1.807) is 7.85 Å². The second-order valence-electron chi connectivity index (χ2n) is 4.94. The Labute approximate surface area is 151 Å². The van der Waals surface area contributed by atoms with Gasteiger partial charge in [-0.05, 0) is 23.4 Å². The van der Waals surface area contributed by atoms with E-state index >= 15 is 0 Å². The Morgan fingerprint density at radius 2 is 2.23 bits per heavy atom. The van der Waals surface area contributed by atoms with Crippen LogP contribution in [-0.2, 0) is 21.4 Å². The molecule has 11 nitrogen and oxygen atoms in total. The fourth-order valence-electron chi connectivity index (χ4n) is 1.84. The standard InChI is InChI=1S/C11H14BFN6O5S2/c12-7-5-6(1-2-8(7)13)16-10(17-20)9-11(19-24-18-9)25(21)4-3-15-26(14,22)23/h1-2,5,15,20H,3-4,12H2,(H,16,17)(H2,14,22,23). The van der Waals surface area contributed by atoms with E-state index in [0.29, 0.717) is 11.2 Å². The Hall–Kier alpha value is -2.20. The molecule has 0 saturated heterocycles. The topological polar surface area (TPSA) is 179 Å². The molecule has 0 fully saturated rings. The Bertz CT molecular complexity index is 908. The fourth-order valence-corrected chi connectivity index (χ4v) is 3.30. The van der Waals surface area contributed by atoms with Crippen molar-refractivity contribution in [2.45, 2.75) is 5.03 Å². The molecule has 1 unspecified atom stereocenters. The lowest BCUT2D eigenvalue weighted by atomic mass is 9.95. The van der Waals surface area contributed by atoms with Gasteiger partial charge in [-0.2, -0.15) is 13.1 Å². The summed E-state index contributed by atoms with van der Waals surface area (Å²) < 4.78 is 53.7. The van der Waals surface area contributed by atoms with Crippen LogP contribution in [0.4, 0.5) is 10.1 Å². The summed E-state index contributed by atoms with van der Waals surface area (Å²) in [5, 5.41) is 26.5. The fraction of sp³-hybridized carbons (Fsp3) is 0.182. The maximum Gasteiger partial charge on any atom is 0.314 e. The number of oxime groups is 1. The van der Waals surface area contributed by atoms with Crippen molar-refractivity contribution in [3.05, 3.63) is 29.7 Å². The highest BCUT2D eigenvalue weighted by Gasteiger charge is 2.28. The Balaban J connectivity index is 2.14. The molecular formula is C11H14BFN6O5S2. The van der Waals surface area contributed by atoms with Crippen molar-refractivity contribution in [3.8, 4) is 0 Å². The van der Waals surface area contributed by atoms with Crippen LogP contribution in [0.3, 0.4) is 0 Å². The molecule has 0 radical (unpaired) electrons. The van der Waals surface area contributed by atoms with Crippen molar-refractivity contribution in [1.82, 2.24) is 15.0 Å². The molecule has 1 heterocycles. The molecule has 26 heavy (non-hydrogen) atoms. The number of hydrogen-bond donors (Lipinski definition) is 4. The van der Waals surface area contributed by atoms with Crippen LogP contribution in [0.1, 0.15) is 5.69 Å². The lowest BCUT2D eigenvalue weighted by Crippen LogP contribution is -2.34. The van der Waals surface area contributed by atoms with Gasteiger partial charge in [0.25, 0.3) is 10.2 Å². The normalized spacial score (nSPS) is 13.6. The molecule has 0 aliphatic heterocycles. The number of rotatable bonds is 7. The van der Waals surface area contributed by atoms with Gasteiger partial charge in [0.1, 0.15) is 19.4 Å². The number of anilines is 1. The lowest BCUT2D eigenvalue weighted by molar-refractivity contribution is 0.296. The largest absolute Gasteiger partial charge is 0.610 e. The maximum atomic E-state index is 13.3. The second kappa shape index (κ2) is 8.46. The number of nitrogens with zero attached hydrogens (tertiary/aromatic N) is 3. The summed E-state index contributed by atoms with van der Waals surface area (Å²) in [6.07, 6.45) is 0. The van der Waals surface area contributed by atoms with Crippen LogP contribution >= 0.6 is 0 Å². The first-order valence-corrected chi connectivity index (χ1v) is 9.81. The van der Waals surface area contributed by atoms with Gasteiger partial charge in [-0.25, -0.2) is 14.2 Å². The van der Waals surface area contributed by atoms with Crippen molar-refractivity contribution in [1.29, 1.82) is 0 Å². The highest BCUT2D eigenvalue weighted by Crippen LogP contribution is 2.16. The van der Waals surface area contributed by atoms with Gasteiger partial charge >= 0.3 is 5.03 Å². The molecule has 0 aliphatic rings. The Morgan fingerprint density at radius 3 is 2.85 bits per heavy atom. The zero-order valence-electron chi connectivity index (χ0n) is 13.3. The van der Waals surface area contributed by atoms with Crippen molar-refractivity contribution < 1.29 is 27.2 Å². The minimum atomic E-state index is -3.92. The third-order valence-electron chi connectivity index (χ3n) is 3.01. The van der Waals surface area contributed by atoms with Gasteiger partial charge < -0.3 is 15.1 Å². The first kappa shape index (κ1) is 20.1. The molecule has 1 aromatic heterocycles. The van der Waals surface area contributed by atoms with Gasteiger partial charge in [-0.1, -0.05) is 10.6 Å². The summed E-state index contributed by atoms with van der Waals surface area (Å²) in [4.78, 5) is 0. The van der Waals surface area contributed by atoms with E-state index in [9.17, 15) is 22.6 Å². The van der Waals surface area contributed by atoms with Crippen LogP contribution in [0.25, 0.3) is 0 Å². The van der Waals surface area contributed by atoms with Gasteiger partial charge in [-0.3, -0.25) is 0 Å². The molecule has 0 spiro atoms. The molecular weight excluding hydrogens is 390 g/mol. The molecule has 5 N–H and O–H groups in total. The molecule has 2 aromatic rings. The molecule has 1 atom stereocenters. The predicted molar refractivity (Wildman–Crippen MR) is 93.2 cm³/mol. The molecule has 0 saturated carbocycles. The number of amidine groups is 1. The number of nitrogens with two attached hydrogens (primary N) is 1. The summed E-state index contributed by atoms with van der Waals surface area (Å²) >= 11 is -1.83. The van der Waals surface area contributed by atoms with Gasteiger partial charge in [0.15, 0.2) is 0 Å². The van der Waals surface area contributed by atoms with E-state index in [1.807, 2.05) is 4.72 Å². The van der Waals surface area contributed by atoms with Crippen molar-refractivity contribution >= 4 is 46.2 Å². The van der Waals surface area contributed by atoms with Gasteiger partial charge in [0, 0.05) is 22.0 Å². The number of aromatic nitrogens is 2. The molecule has 0 amide bonds. The number of hydrogen-bond acceptors (Lipinski definition) is 8. The zero-order valence-corrected chi connectivity index (χ0v) is 15.0. The Kier molecular flexibility index (Phi) is 6.55.